The molecule has 0 atom stereocenters. The van der Waals surface area contributed by atoms with Crippen molar-refractivity contribution < 1.29 is 4.79 Å². The molecule has 2 rings (SSSR count). The highest BCUT2D eigenvalue weighted by Gasteiger charge is 2.10. The van der Waals surface area contributed by atoms with Crippen LogP contribution in [-0.2, 0) is 4.79 Å². The van der Waals surface area contributed by atoms with Crippen LogP contribution in [0.1, 0.15) is 26.7 Å². The normalized spacial score (nSPS) is 22.2. The second kappa shape index (κ2) is 11.6. The first-order valence-electron chi connectivity index (χ1n) is 7.25. The highest BCUT2D eigenvalue weighted by Crippen LogP contribution is 2.06. The Hall–Kier alpha value is -0.450. The van der Waals surface area contributed by atoms with Gasteiger partial charge in [-0.2, -0.15) is 0 Å². The molecule has 0 aromatic rings. The molecule has 0 aromatic carbocycles. The van der Waals surface area contributed by atoms with Crippen LogP contribution in [0.3, 0.4) is 0 Å². The highest BCUT2D eigenvalue weighted by molar-refractivity contribution is 5.53. The molecule has 2 saturated heterocycles. The van der Waals surface area contributed by atoms with E-state index < -0.39 is 0 Å². The zero-order chi connectivity index (χ0) is 13.8. The highest BCUT2D eigenvalue weighted by atomic mass is 16.1. The van der Waals surface area contributed by atoms with Gasteiger partial charge in [-0.15, -0.1) is 0 Å². The maximum atomic E-state index is 10.1. The lowest BCUT2D eigenvalue weighted by molar-refractivity contribution is -0.111. The number of piperidine rings is 1. The van der Waals surface area contributed by atoms with E-state index in [9.17, 15) is 4.79 Å². The third-order valence-electron chi connectivity index (χ3n) is 3.30. The van der Waals surface area contributed by atoms with Gasteiger partial charge in [0.15, 0.2) is 0 Å². The van der Waals surface area contributed by atoms with Gasteiger partial charge >= 0.3 is 0 Å². The molecular formula is C14H31N3O. The van der Waals surface area contributed by atoms with E-state index >= 15 is 0 Å². The fraction of sp³-hybridized carbons (Fsp3) is 0.929. The molecule has 18 heavy (non-hydrogen) atoms. The van der Waals surface area contributed by atoms with E-state index in [0.29, 0.717) is 5.92 Å². The zero-order valence-corrected chi connectivity index (χ0v) is 12.6. The molecule has 0 unspecified atom stereocenters. The van der Waals surface area contributed by atoms with Crippen molar-refractivity contribution in [1.82, 2.24) is 15.1 Å². The molecule has 0 spiro atoms. The standard InChI is InChI=1S/C6H14N2.C6H11NO.C2H6/c1-7-3-5-8(2)6-4-7;8-5-6-1-3-7-4-2-6;1-2/h3-6H2,1-2H3;5-7H,1-4H2;1-2H3. The molecule has 0 aromatic heterocycles. The van der Waals surface area contributed by atoms with Crippen LogP contribution in [-0.4, -0.2) is 69.4 Å². The lowest BCUT2D eigenvalue weighted by Crippen LogP contribution is -2.42. The first-order chi connectivity index (χ1) is 8.72. The molecule has 108 valence electrons. The SMILES string of the molecule is CC.CN1CCN(C)CC1.O=CC1CCNCC1. The topological polar surface area (TPSA) is 35.6 Å². The van der Waals surface area contributed by atoms with Gasteiger partial charge in [-0.25, -0.2) is 0 Å². The average molecular weight is 257 g/mol. The van der Waals surface area contributed by atoms with Crippen molar-refractivity contribution in [2.24, 2.45) is 5.92 Å². The van der Waals surface area contributed by atoms with Gasteiger partial charge in [0.1, 0.15) is 6.29 Å². The minimum absolute atomic E-state index is 0.344. The average Bonchev–Trinajstić information content (AvgIpc) is 2.46. The smallest absolute Gasteiger partial charge is 0.123 e. The molecule has 2 heterocycles. The van der Waals surface area contributed by atoms with Gasteiger partial charge < -0.3 is 19.9 Å². The van der Waals surface area contributed by atoms with Crippen LogP contribution in [0.4, 0.5) is 0 Å². The van der Waals surface area contributed by atoms with Crippen molar-refractivity contribution in [2.45, 2.75) is 26.7 Å². The molecule has 0 saturated carbocycles. The third-order valence-corrected chi connectivity index (χ3v) is 3.30. The summed E-state index contributed by atoms with van der Waals surface area (Å²) in [6.07, 6.45) is 3.13. The summed E-state index contributed by atoms with van der Waals surface area (Å²) in [4.78, 5) is 14.9. The quantitative estimate of drug-likeness (QED) is 0.713. The van der Waals surface area contributed by atoms with Gasteiger partial charge in [0, 0.05) is 32.1 Å². The fourth-order valence-electron chi connectivity index (χ4n) is 1.89. The molecule has 2 fully saturated rings. The minimum Gasteiger partial charge on any atom is -0.317 e. The van der Waals surface area contributed by atoms with Crippen molar-refractivity contribution >= 4 is 6.29 Å². The Labute approximate surface area is 113 Å². The Bertz CT molecular complexity index is 175. The Morgan fingerprint density at radius 2 is 1.33 bits per heavy atom. The van der Waals surface area contributed by atoms with Gasteiger partial charge in [0.25, 0.3) is 0 Å². The van der Waals surface area contributed by atoms with E-state index in [2.05, 4.69) is 29.2 Å². The van der Waals surface area contributed by atoms with Crippen LogP contribution in [0.15, 0.2) is 0 Å². The largest absolute Gasteiger partial charge is 0.317 e. The molecule has 4 nitrogen and oxygen atoms in total. The van der Waals surface area contributed by atoms with Gasteiger partial charge in [-0.05, 0) is 40.0 Å². The lowest BCUT2D eigenvalue weighted by Gasteiger charge is -2.28. The number of piperazine rings is 1. The van der Waals surface area contributed by atoms with E-state index in [-0.39, 0.29) is 0 Å². The molecule has 2 aliphatic rings. The summed E-state index contributed by atoms with van der Waals surface area (Å²) in [6, 6.07) is 0. The summed E-state index contributed by atoms with van der Waals surface area (Å²) >= 11 is 0. The van der Waals surface area contributed by atoms with Gasteiger partial charge in [-0.1, -0.05) is 13.8 Å². The summed E-state index contributed by atoms with van der Waals surface area (Å²) in [5.41, 5.74) is 0. The number of nitrogens with one attached hydrogen (secondary N) is 1. The van der Waals surface area contributed by atoms with Crippen LogP contribution in [0.25, 0.3) is 0 Å². The van der Waals surface area contributed by atoms with Crippen LogP contribution >= 0.6 is 0 Å². The summed E-state index contributed by atoms with van der Waals surface area (Å²) in [7, 11) is 4.35. The molecule has 4 heteroatoms. The molecule has 0 amide bonds. The predicted molar refractivity (Wildman–Crippen MR) is 78.0 cm³/mol. The molecule has 1 N–H and O–H groups in total. The Morgan fingerprint density at radius 1 is 0.944 bits per heavy atom. The monoisotopic (exact) mass is 257 g/mol. The number of carbonyl (C=O) groups is 1. The minimum atomic E-state index is 0.344. The van der Waals surface area contributed by atoms with Gasteiger partial charge in [-0.3, -0.25) is 0 Å². The van der Waals surface area contributed by atoms with E-state index in [1.807, 2.05) is 13.8 Å². The summed E-state index contributed by atoms with van der Waals surface area (Å²) in [5.74, 6) is 0.344. The van der Waals surface area contributed by atoms with Gasteiger partial charge in [0.05, 0.1) is 0 Å². The predicted octanol–water partition coefficient (Wildman–Crippen LogP) is 1.07. The molecule has 2 aliphatic heterocycles. The number of carbonyl (C=O) groups excluding carboxylic acids is 1. The van der Waals surface area contributed by atoms with Crippen LogP contribution < -0.4 is 5.32 Å². The van der Waals surface area contributed by atoms with E-state index in [1.165, 1.54) is 26.2 Å². The Kier molecular flexibility index (Phi) is 11.3. The molecule has 0 radical (unpaired) electrons. The second-order valence-corrected chi connectivity index (χ2v) is 4.83. The second-order valence-electron chi connectivity index (χ2n) is 4.83. The number of hydrogen-bond donors (Lipinski definition) is 1. The fourth-order valence-corrected chi connectivity index (χ4v) is 1.89. The van der Waals surface area contributed by atoms with Crippen LogP contribution in [0, 0.1) is 5.92 Å². The molecule has 0 bridgehead atoms. The maximum absolute atomic E-state index is 10.1. The summed E-state index contributed by atoms with van der Waals surface area (Å²) in [5, 5.41) is 3.19. The number of likely N-dealkylation sites (N-methyl/N-ethyl adjacent to an activating group) is 2. The lowest BCUT2D eigenvalue weighted by atomic mass is 10.0. The maximum Gasteiger partial charge on any atom is 0.123 e. The van der Waals surface area contributed by atoms with Crippen molar-refractivity contribution in [1.29, 1.82) is 0 Å². The van der Waals surface area contributed by atoms with E-state index in [0.717, 1.165) is 32.2 Å². The molecule has 0 aliphatic carbocycles. The molecular weight excluding hydrogens is 226 g/mol. The Balaban J connectivity index is 0.000000283. The van der Waals surface area contributed by atoms with Crippen LogP contribution in [0.2, 0.25) is 0 Å². The van der Waals surface area contributed by atoms with Crippen molar-refractivity contribution in [3.63, 3.8) is 0 Å². The number of rotatable bonds is 1. The zero-order valence-electron chi connectivity index (χ0n) is 12.6. The van der Waals surface area contributed by atoms with Crippen LogP contribution in [0.5, 0.6) is 0 Å². The number of nitrogens with zero attached hydrogens (tertiary/aromatic N) is 2. The number of aldehydes is 1. The van der Waals surface area contributed by atoms with E-state index in [4.69, 9.17) is 0 Å². The van der Waals surface area contributed by atoms with Crippen molar-refractivity contribution in [3.8, 4) is 0 Å². The van der Waals surface area contributed by atoms with E-state index in [1.54, 1.807) is 0 Å². The Morgan fingerprint density at radius 3 is 1.61 bits per heavy atom. The van der Waals surface area contributed by atoms with Gasteiger partial charge in [0.2, 0.25) is 0 Å². The first kappa shape index (κ1) is 17.6. The first-order valence-corrected chi connectivity index (χ1v) is 7.25. The number of hydrogen-bond acceptors (Lipinski definition) is 4. The van der Waals surface area contributed by atoms with Crippen molar-refractivity contribution in [2.75, 3.05) is 53.4 Å². The van der Waals surface area contributed by atoms with Crippen molar-refractivity contribution in [3.05, 3.63) is 0 Å². The third kappa shape index (κ3) is 8.61. The summed E-state index contributed by atoms with van der Waals surface area (Å²) in [6.45, 7) is 11.0. The summed E-state index contributed by atoms with van der Waals surface area (Å²) < 4.78 is 0.